The highest BCUT2D eigenvalue weighted by Gasteiger charge is 2.33. The zero-order chi connectivity index (χ0) is 19.8. The molecule has 0 saturated heterocycles. The number of ether oxygens (including phenoxy) is 1. The van der Waals surface area contributed by atoms with Gasteiger partial charge in [0.25, 0.3) is 0 Å². The minimum atomic E-state index is -0.336. The summed E-state index contributed by atoms with van der Waals surface area (Å²) in [5.41, 5.74) is 3.22. The van der Waals surface area contributed by atoms with E-state index in [0.29, 0.717) is 18.1 Å². The first-order chi connectivity index (χ1) is 13.7. The maximum atomic E-state index is 12.9. The van der Waals surface area contributed by atoms with E-state index < -0.39 is 0 Å². The summed E-state index contributed by atoms with van der Waals surface area (Å²) in [7, 11) is 0. The first-order valence-electron chi connectivity index (χ1n) is 9.84. The van der Waals surface area contributed by atoms with Crippen molar-refractivity contribution in [2.75, 3.05) is 13.2 Å². The molecule has 5 nitrogen and oxygen atoms in total. The van der Waals surface area contributed by atoms with Crippen LogP contribution in [0.25, 0.3) is 5.70 Å². The number of carbonyl (C=O) groups excluding carboxylic acids is 1. The Morgan fingerprint density at radius 1 is 1.04 bits per heavy atom. The number of rotatable bonds is 7. The summed E-state index contributed by atoms with van der Waals surface area (Å²) in [5.74, 6) is 0.344. The molecule has 0 aliphatic carbocycles. The fraction of sp³-hybridized carbons (Fsp3) is 0.304. The van der Waals surface area contributed by atoms with Crippen LogP contribution in [0.3, 0.4) is 0 Å². The molecule has 1 unspecified atom stereocenters. The van der Waals surface area contributed by atoms with Crippen molar-refractivity contribution in [1.82, 2.24) is 10.6 Å². The number of benzene rings is 2. The highest BCUT2D eigenvalue weighted by atomic mass is 16.5. The van der Waals surface area contributed by atoms with E-state index in [4.69, 9.17) is 4.74 Å². The third-order valence-electron chi connectivity index (χ3n) is 4.55. The molecule has 3 rings (SSSR count). The van der Waals surface area contributed by atoms with Gasteiger partial charge in [-0.15, -0.1) is 0 Å². The van der Waals surface area contributed by atoms with Crippen LogP contribution >= 0.6 is 0 Å². The summed E-state index contributed by atoms with van der Waals surface area (Å²) in [6.07, 6.45) is 2.09. The fourth-order valence-electron chi connectivity index (χ4n) is 3.17. The number of carbonyl (C=O) groups is 1. The standard InChI is InChI=1S/C23H27N3O2/c1-3-5-16-24-23-25-20(17-12-8-6-9-13-17)19(22(27)28-4-2)21(26-23)18-14-10-7-11-15-18/h6-15,20H,3-5,16H2,1-2H3,(H2,24,25,26). The number of unbranched alkanes of at least 4 members (excludes halogenated alkanes) is 1. The predicted molar refractivity (Wildman–Crippen MR) is 113 cm³/mol. The number of hydrogen-bond donors (Lipinski definition) is 2. The smallest absolute Gasteiger partial charge is 0.338 e. The first-order valence-corrected chi connectivity index (χ1v) is 9.84. The molecule has 0 bridgehead atoms. The molecule has 2 aromatic rings. The highest BCUT2D eigenvalue weighted by Crippen LogP contribution is 2.31. The summed E-state index contributed by atoms with van der Waals surface area (Å²) < 4.78 is 5.40. The normalized spacial score (nSPS) is 17.8. The first kappa shape index (κ1) is 19.7. The zero-order valence-corrected chi connectivity index (χ0v) is 16.4. The van der Waals surface area contributed by atoms with Crippen molar-refractivity contribution in [3.8, 4) is 0 Å². The van der Waals surface area contributed by atoms with Crippen LogP contribution in [0, 0.1) is 0 Å². The Labute approximate surface area is 166 Å². The lowest BCUT2D eigenvalue weighted by Gasteiger charge is -2.31. The molecular formula is C23H27N3O2. The van der Waals surface area contributed by atoms with E-state index in [1.807, 2.05) is 67.6 Å². The summed E-state index contributed by atoms with van der Waals surface area (Å²) >= 11 is 0. The van der Waals surface area contributed by atoms with E-state index in [9.17, 15) is 4.79 Å². The van der Waals surface area contributed by atoms with Gasteiger partial charge in [0, 0.05) is 6.54 Å². The quantitative estimate of drug-likeness (QED) is 0.564. The van der Waals surface area contributed by atoms with Crippen LogP contribution in [-0.2, 0) is 9.53 Å². The lowest BCUT2D eigenvalue weighted by molar-refractivity contribution is -0.138. The van der Waals surface area contributed by atoms with E-state index in [1.54, 1.807) is 0 Å². The van der Waals surface area contributed by atoms with Crippen molar-refractivity contribution in [3.05, 3.63) is 77.4 Å². The number of hydrogen-bond acceptors (Lipinski definition) is 3. The molecule has 5 heteroatoms. The van der Waals surface area contributed by atoms with Gasteiger partial charge in [-0.1, -0.05) is 74.0 Å². The van der Waals surface area contributed by atoms with E-state index in [0.717, 1.165) is 36.2 Å². The second-order valence-electron chi connectivity index (χ2n) is 6.57. The average molecular weight is 377 g/mol. The van der Waals surface area contributed by atoms with Crippen molar-refractivity contribution >= 4 is 17.6 Å². The van der Waals surface area contributed by atoms with Gasteiger partial charge in [0.15, 0.2) is 5.96 Å². The van der Waals surface area contributed by atoms with E-state index in [2.05, 4.69) is 22.5 Å². The van der Waals surface area contributed by atoms with Crippen LogP contribution in [-0.4, -0.2) is 25.1 Å². The van der Waals surface area contributed by atoms with E-state index in [1.165, 1.54) is 0 Å². The largest absolute Gasteiger partial charge is 0.463 e. The Bertz CT molecular complexity index is 845. The van der Waals surface area contributed by atoms with Crippen molar-refractivity contribution in [1.29, 1.82) is 0 Å². The summed E-state index contributed by atoms with van der Waals surface area (Å²) in [6.45, 7) is 5.01. The molecule has 2 aromatic carbocycles. The number of esters is 1. The van der Waals surface area contributed by atoms with Crippen molar-refractivity contribution in [3.63, 3.8) is 0 Å². The average Bonchev–Trinajstić information content (AvgIpc) is 2.75. The third-order valence-corrected chi connectivity index (χ3v) is 4.55. The minimum Gasteiger partial charge on any atom is -0.463 e. The highest BCUT2D eigenvalue weighted by molar-refractivity contribution is 6.05. The lowest BCUT2D eigenvalue weighted by Crippen LogP contribution is -2.46. The number of guanidine groups is 1. The van der Waals surface area contributed by atoms with Crippen molar-refractivity contribution in [2.45, 2.75) is 32.7 Å². The lowest BCUT2D eigenvalue weighted by atomic mass is 9.92. The maximum absolute atomic E-state index is 12.9. The van der Waals surface area contributed by atoms with Crippen LogP contribution in [0.1, 0.15) is 43.9 Å². The van der Waals surface area contributed by atoms with Gasteiger partial charge in [0.2, 0.25) is 0 Å². The summed E-state index contributed by atoms with van der Waals surface area (Å²) in [4.78, 5) is 17.6. The van der Waals surface area contributed by atoms with Gasteiger partial charge in [-0.2, -0.15) is 0 Å². The van der Waals surface area contributed by atoms with Gasteiger partial charge in [0.1, 0.15) is 0 Å². The number of nitrogens with one attached hydrogen (secondary N) is 2. The predicted octanol–water partition coefficient (Wildman–Crippen LogP) is 4.05. The van der Waals surface area contributed by atoms with Crippen molar-refractivity contribution in [2.24, 2.45) is 4.99 Å². The summed E-state index contributed by atoms with van der Waals surface area (Å²) in [5, 5.41) is 6.73. The van der Waals surface area contributed by atoms with E-state index in [-0.39, 0.29) is 12.0 Å². The van der Waals surface area contributed by atoms with Gasteiger partial charge >= 0.3 is 5.97 Å². The van der Waals surface area contributed by atoms with Gasteiger partial charge in [0.05, 0.1) is 23.9 Å². The number of aliphatic imine (C=N–C) groups is 1. The molecule has 2 N–H and O–H groups in total. The van der Waals surface area contributed by atoms with Crippen LogP contribution in [0.4, 0.5) is 0 Å². The summed E-state index contributed by atoms with van der Waals surface area (Å²) in [6, 6.07) is 19.4. The van der Waals surface area contributed by atoms with Gasteiger partial charge in [-0.05, 0) is 24.5 Å². The molecule has 0 amide bonds. The van der Waals surface area contributed by atoms with E-state index >= 15 is 0 Å². The van der Waals surface area contributed by atoms with Gasteiger partial charge in [-0.25, -0.2) is 4.79 Å². The van der Waals surface area contributed by atoms with Crippen LogP contribution in [0.2, 0.25) is 0 Å². The Hall–Kier alpha value is -3.08. The molecule has 0 spiro atoms. The second kappa shape index (κ2) is 9.74. The SMILES string of the molecule is CCCCN=C1NC(c2ccccc2)=C(C(=O)OCC)C(c2ccccc2)N1. The monoisotopic (exact) mass is 377 g/mol. The Morgan fingerprint density at radius 2 is 1.71 bits per heavy atom. The molecule has 28 heavy (non-hydrogen) atoms. The Balaban J connectivity index is 2.12. The Kier molecular flexibility index (Phi) is 6.84. The molecule has 146 valence electrons. The maximum Gasteiger partial charge on any atom is 0.338 e. The van der Waals surface area contributed by atoms with Crippen molar-refractivity contribution < 1.29 is 9.53 Å². The molecule has 1 heterocycles. The molecule has 0 saturated carbocycles. The molecule has 1 atom stereocenters. The molecule has 1 aliphatic heterocycles. The molecular weight excluding hydrogens is 350 g/mol. The van der Waals surface area contributed by atoms with Crippen LogP contribution in [0.15, 0.2) is 71.2 Å². The number of nitrogens with zero attached hydrogens (tertiary/aromatic N) is 1. The Morgan fingerprint density at radius 3 is 2.36 bits per heavy atom. The van der Waals surface area contributed by atoms with Crippen LogP contribution in [0.5, 0.6) is 0 Å². The zero-order valence-electron chi connectivity index (χ0n) is 16.4. The minimum absolute atomic E-state index is 0.323. The van der Waals surface area contributed by atoms with Crippen LogP contribution < -0.4 is 10.6 Å². The molecule has 1 aliphatic rings. The second-order valence-corrected chi connectivity index (χ2v) is 6.57. The molecule has 0 radical (unpaired) electrons. The molecule has 0 fully saturated rings. The van der Waals surface area contributed by atoms with Gasteiger partial charge < -0.3 is 15.4 Å². The molecule has 0 aromatic heterocycles. The van der Waals surface area contributed by atoms with Gasteiger partial charge in [-0.3, -0.25) is 4.99 Å². The topological polar surface area (TPSA) is 62.7 Å². The fourth-order valence-corrected chi connectivity index (χ4v) is 3.17. The third kappa shape index (κ3) is 4.60.